The number of aromatic nitrogens is 3. The number of halogens is 1. The summed E-state index contributed by atoms with van der Waals surface area (Å²) in [4.78, 5) is 31.5. The lowest BCUT2D eigenvalue weighted by atomic mass is 10.00. The van der Waals surface area contributed by atoms with E-state index in [1.54, 1.807) is 43.9 Å². The summed E-state index contributed by atoms with van der Waals surface area (Å²) in [7, 11) is -0.734. The van der Waals surface area contributed by atoms with Gasteiger partial charge in [-0.2, -0.15) is 0 Å². The number of amides is 2. The first kappa shape index (κ1) is 33.0. The molecule has 0 fully saturated rings. The van der Waals surface area contributed by atoms with Gasteiger partial charge in [-0.15, -0.1) is 10.2 Å². The van der Waals surface area contributed by atoms with E-state index in [0.29, 0.717) is 46.8 Å². The van der Waals surface area contributed by atoms with Crippen molar-refractivity contribution in [2.45, 2.75) is 43.5 Å². The molecule has 2 N–H and O–H groups in total. The number of hydrogen-bond acceptors (Lipinski definition) is 7. The molecule has 1 aliphatic heterocycles. The van der Waals surface area contributed by atoms with Crippen LogP contribution >= 0.6 is 11.6 Å². The zero-order valence-electron chi connectivity index (χ0n) is 26.4. The second-order valence-electron chi connectivity index (χ2n) is 11.6. The number of carbonyl (C=O) groups excluding carboxylic acids is 2. The molecule has 1 aliphatic rings. The van der Waals surface area contributed by atoms with E-state index in [1.807, 2.05) is 54.0 Å². The van der Waals surface area contributed by atoms with E-state index in [2.05, 4.69) is 20.8 Å². The van der Waals surface area contributed by atoms with Gasteiger partial charge in [0, 0.05) is 39.7 Å². The summed E-state index contributed by atoms with van der Waals surface area (Å²) < 4.78 is 19.7. The molecule has 1 aromatic heterocycles. The summed E-state index contributed by atoms with van der Waals surface area (Å²) >= 11 is 6.19. The number of rotatable bonds is 12. The van der Waals surface area contributed by atoms with Crippen LogP contribution in [0.5, 0.6) is 5.75 Å². The fourth-order valence-electron chi connectivity index (χ4n) is 5.35. The van der Waals surface area contributed by atoms with Gasteiger partial charge in [0.2, 0.25) is 5.91 Å². The number of aryl methyl sites for hydroxylation is 1. The molecule has 4 aromatic rings. The van der Waals surface area contributed by atoms with Crippen LogP contribution in [0.1, 0.15) is 64.9 Å². The Morgan fingerprint density at radius 2 is 1.63 bits per heavy atom. The van der Waals surface area contributed by atoms with Gasteiger partial charge in [0.1, 0.15) is 17.6 Å². The minimum atomic E-state index is -2.35. The highest BCUT2D eigenvalue weighted by Crippen LogP contribution is 2.34. The number of thiol groups is 1. The van der Waals surface area contributed by atoms with Crippen LogP contribution in [-0.2, 0) is 14.7 Å². The topological polar surface area (TPSA) is 128 Å². The molecule has 0 bridgehead atoms. The summed E-state index contributed by atoms with van der Waals surface area (Å²) in [5.41, 5.74) is 3.80. The van der Waals surface area contributed by atoms with Crippen molar-refractivity contribution in [3.8, 4) is 11.4 Å². The van der Waals surface area contributed by atoms with Crippen molar-refractivity contribution in [3.63, 3.8) is 0 Å². The average molecular weight is 663 g/mol. The second kappa shape index (κ2) is 14.4. The quantitative estimate of drug-likeness (QED) is 0.147. The van der Waals surface area contributed by atoms with Crippen LogP contribution in [0.4, 0.5) is 0 Å². The smallest absolute Gasteiger partial charge is 0.251 e. The predicted molar refractivity (Wildman–Crippen MR) is 182 cm³/mol. The van der Waals surface area contributed by atoms with Gasteiger partial charge in [0.25, 0.3) is 5.91 Å². The number of methoxy groups -OCH3 is 1. The Morgan fingerprint density at radius 3 is 2.30 bits per heavy atom. The normalized spacial score (nSPS) is 14.4. The van der Waals surface area contributed by atoms with E-state index < -0.39 is 16.0 Å². The van der Waals surface area contributed by atoms with Crippen LogP contribution in [-0.4, -0.2) is 69.2 Å². The van der Waals surface area contributed by atoms with Crippen molar-refractivity contribution in [1.82, 2.24) is 25.4 Å². The fourth-order valence-corrected chi connectivity index (χ4v) is 6.35. The summed E-state index contributed by atoms with van der Waals surface area (Å²) in [6.45, 7) is 2.91. The second-order valence-corrected chi connectivity index (χ2v) is 15.2. The standard InChI is InChI=1S/C34H39ClN6O4S/c1-22-39-40-33-29(38-32(23-8-12-25(35)13-9-23)28-20-26(45-2)14-17-30(28)41(22)33)21-31(42)36-18-6-5-7-19-37-34(43)24-10-15-27(16-11-24)46(3,4)44/h8-17,20,29,46H,5-7,18-19,21H2,1-4H3,(H,36,42)(H,37,43)/t29-/m0/s1. The third kappa shape index (κ3) is 7.71. The maximum Gasteiger partial charge on any atom is 0.251 e. The molecule has 46 heavy (non-hydrogen) atoms. The molecule has 2 amide bonds. The Hall–Kier alpha value is -4.35. The zero-order valence-corrected chi connectivity index (χ0v) is 28.1. The highest BCUT2D eigenvalue weighted by molar-refractivity contribution is 8.01. The van der Waals surface area contributed by atoms with Crippen molar-refractivity contribution in [2.75, 3.05) is 32.7 Å². The first-order chi connectivity index (χ1) is 22.0. The number of ether oxygens (including phenoxy) is 1. The molecule has 10 nitrogen and oxygen atoms in total. The fraction of sp³-hybridized carbons (Fsp3) is 0.324. The highest BCUT2D eigenvalue weighted by atomic mass is 35.5. The molecule has 3 aromatic carbocycles. The molecule has 0 saturated heterocycles. The van der Waals surface area contributed by atoms with Gasteiger partial charge in [-0.25, -0.2) is 0 Å². The van der Waals surface area contributed by atoms with E-state index in [0.717, 1.165) is 41.0 Å². The first-order valence-corrected chi connectivity index (χ1v) is 18.2. The number of benzene rings is 3. The van der Waals surface area contributed by atoms with E-state index in [1.165, 1.54) is 0 Å². The third-order valence-electron chi connectivity index (χ3n) is 7.84. The van der Waals surface area contributed by atoms with Gasteiger partial charge in [0.15, 0.2) is 5.82 Å². The van der Waals surface area contributed by atoms with Crippen LogP contribution in [0, 0.1) is 6.92 Å². The molecular weight excluding hydrogens is 624 g/mol. The van der Waals surface area contributed by atoms with Crippen molar-refractivity contribution >= 4 is 39.1 Å². The molecule has 0 saturated carbocycles. The van der Waals surface area contributed by atoms with Crippen LogP contribution in [0.15, 0.2) is 76.6 Å². The number of hydrogen-bond donors (Lipinski definition) is 3. The molecule has 1 atom stereocenters. The Kier molecular flexibility index (Phi) is 10.3. The number of fused-ring (bicyclic) bond motifs is 3. The van der Waals surface area contributed by atoms with Crippen molar-refractivity contribution in [3.05, 3.63) is 100 Å². The van der Waals surface area contributed by atoms with Gasteiger partial charge in [-0.1, -0.05) is 33.7 Å². The lowest BCUT2D eigenvalue weighted by Gasteiger charge is -2.14. The van der Waals surface area contributed by atoms with Crippen LogP contribution in [0.3, 0.4) is 0 Å². The van der Waals surface area contributed by atoms with E-state index in [4.69, 9.17) is 21.3 Å². The molecule has 242 valence electrons. The highest BCUT2D eigenvalue weighted by Gasteiger charge is 2.30. The lowest BCUT2D eigenvalue weighted by Crippen LogP contribution is -2.27. The average Bonchev–Trinajstić information content (AvgIpc) is 3.36. The first-order valence-electron chi connectivity index (χ1n) is 15.2. The minimum absolute atomic E-state index is 0.0979. The molecule has 0 unspecified atom stereocenters. The zero-order chi connectivity index (χ0) is 32.8. The summed E-state index contributed by atoms with van der Waals surface area (Å²) in [5.74, 6) is 1.67. The molecule has 5 rings (SSSR count). The summed E-state index contributed by atoms with van der Waals surface area (Å²) in [6.07, 6.45) is 5.89. The van der Waals surface area contributed by atoms with Crippen LogP contribution in [0.25, 0.3) is 5.69 Å². The summed E-state index contributed by atoms with van der Waals surface area (Å²) in [6, 6.07) is 19.6. The maximum absolute atomic E-state index is 13.2. The van der Waals surface area contributed by atoms with Crippen LogP contribution in [0.2, 0.25) is 5.02 Å². The van der Waals surface area contributed by atoms with E-state index in [-0.39, 0.29) is 18.2 Å². The number of nitrogens with one attached hydrogen (secondary N) is 2. The number of unbranched alkanes of at least 4 members (excludes halogenated alkanes) is 2. The molecule has 0 spiro atoms. The monoisotopic (exact) mass is 662 g/mol. The van der Waals surface area contributed by atoms with Crippen molar-refractivity contribution in [2.24, 2.45) is 4.99 Å². The van der Waals surface area contributed by atoms with Gasteiger partial charge in [0.05, 0.1) is 24.9 Å². The lowest BCUT2D eigenvalue weighted by molar-refractivity contribution is -0.121. The molecule has 0 aliphatic carbocycles. The van der Waals surface area contributed by atoms with Crippen molar-refractivity contribution in [1.29, 1.82) is 0 Å². The van der Waals surface area contributed by atoms with Crippen LogP contribution < -0.4 is 15.4 Å². The number of aliphatic imine (C=N–C) groups is 1. The molecular formula is C34H39ClN6O4S. The largest absolute Gasteiger partial charge is 0.497 e. The Bertz CT molecular complexity index is 1800. The molecule has 12 heteroatoms. The van der Waals surface area contributed by atoms with Crippen molar-refractivity contribution < 1.29 is 18.5 Å². The molecule has 2 heterocycles. The Labute approximate surface area is 275 Å². The Morgan fingerprint density at radius 1 is 0.935 bits per heavy atom. The van der Waals surface area contributed by atoms with Gasteiger partial charge in [-0.3, -0.25) is 23.4 Å². The number of nitrogens with zero attached hydrogens (tertiary/aromatic N) is 4. The van der Waals surface area contributed by atoms with Gasteiger partial charge < -0.3 is 15.4 Å². The minimum Gasteiger partial charge on any atom is -0.497 e. The SMILES string of the molecule is COc1ccc2c(c1)C(c1ccc(Cl)cc1)=N[C@@H](CC(=O)NCCCCCNC(=O)c1ccc([SH](C)(C)=O)cc1)c1nnc(C)n1-2. The maximum atomic E-state index is 13.2. The van der Waals surface area contributed by atoms with E-state index >= 15 is 0 Å². The third-order valence-corrected chi connectivity index (χ3v) is 9.64. The van der Waals surface area contributed by atoms with E-state index in [9.17, 15) is 13.8 Å². The molecule has 0 radical (unpaired) electrons. The predicted octanol–water partition coefficient (Wildman–Crippen LogP) is 4.87. The van der Waals surface area contributed by atoms with Gasteiger partial charge >= 0.3 is 0 Å². The summed E-state index contributed by atoms with van der Waals surface area (Å²) in [5, 5.41) is 15.3. The Balaban J connectivity index is 1.19. The van der Waals surface area contributed by atoms with Gasteiger partial charge in [-0.05, 0) is 93.3 Å². The number of carbonyl (C=O) groups is 2.